The van der Waals surface area contributed by atoms with E-state index in [9.17, 15) is 13.2 Å². The average Bonchev–Trinajstić information content (AvgIpc) is 2.89. The van der Waals surface area contributed by atoms with E-state index in [0.29, 0.717) is 18.9 Å². The maximum Gasteiger partial charge on any atom is 0.223 e. The lowest BCUT2D eigenvalue weighted by molar-refractivity contribution is -0.124. The van der Waals surface area contributed by atoms with Crippen LogP contribution in [0.1, 0.15) is 19.3 Å². The van der Waals surface area contributed by atoms with Crippen molar-refractivity contribution in [1.82, 2.24) is 5.32 Å². The van der Waals surface area contributed by atoms with Crippen molar-refractivity contribution in [2.24, 2.45) is 11.7 Å². The highest BCUT2D eigenvalue weighted by atomic mass is 35.5. The van der Waals surface area contributed by atoms with Gasteiger partial charge in [0.25, 0.3) is 0 Å². The molecule has 3 N–H and O–H groups in total. The quantitative estimate of drug-likeness (QED) is 0.739. The molecule has 2 rings (SSSR count). The Hall–Kier alpha value is -1.31. The Morgan fingerprint density at radius 2 is 1.96 bits per heavy atom. The summed E-state index contributed by atoms with van der Waals surface area (Å²) in [6, 6.07) is 6.36. The van der Waals surface area contributed by atoms with Gasteiger partial charge in [0.2, 0.25) is 5.91 Å². The number of hydrogen-bond donors (Lipinski definition) is 2. The summed E-state index contributed by atoms with van der Waals surface area (Å²) in [6.45, 7) is 0.751. The van der Waals surface area contributed by atoms with Gasteiger partial charge in [-0.05, 0) is 43.5 Å². The predicted octanol–water partition coefficient (Wildman–Crippen LogP) is 1.13. The predicted molar refractivity (Wildman–Crippen MR) is 90.6 cm³/mol. The fraction of sp³-hybridized carbons (Fsp3) is 0.533. The van der Waals surface area contributed by atoms with Gasteiger partial charge in [-0.15, -0.1) is 12.4 Å². The van der Waals surface area contributed by atoms with Crippen LogP contribution in [0.15, 0.2) is 29.2 Å². The first-order valence-electron chi connectivity index (χ1n) is 7.32. The van der Waals surface area contributed by atoms with E-state index < -0.39 is 9.84 Å². The molecule has 23 heavy (non-hydrogen) atoms. The van der Waals surface area contributed by atoms with E-state index in [1.165, 1.54) is 12.1 Å². The molecule has 1 aliphatic rings. The molecule has 2 unspecified atom stereocenters. The largest absolute Gasteiger partial charge is 0.492 e. The fourth-order valence-electron chi connectivity index (χ4n) is 2.53. The lowest BCUT2D eigenvalue weighted by Crippen LogP contribution is -2.33. The summed E-state index contributed by atoms with van der Waals surface area (Å²) in [5, 5.41) is 2.84. The number of carbonyl (C=O) groups is 1. The van der Waals surface area contributed by atoms with Crippen LogP contribution in [-0.2, 0) is 14.6 Å². The van der Waals surface area contributed by atoms with Gasteiger partial charge in [-0.1, -0.05) is 0 Å². The number of benzene rings is 1. The number of ether oxygens (including phenoxy) is 1. The molecule has 8 heteroatoms. The normalized spacial score (nSPS) is 20.6. The Morgan fingerprint density at radius 3 is 2.48 bits per heavy atom. The van der Waals surface area contributed by atoms with Crippen LogP contribution in [0.3, 0.4) is 0 Å². The van der Waals surface area contributed by atoms with Crippen molar-refractivity contribution in [2.45, 2.75) is 30.2 Å². The first kappa shape index (κ1) is 19.7. The molecule has 1 aromatic rings. The molecule has 1 saturated carbocycles. The summed E-state index contributed by atoms with van der Waals surface area (Å²) in [6.07, 6.45) is 3.66. The van der Waals surface area contributed by atoms with Gasteiger partial charge in [0.05, 0.1) is 11.4 Å². The van der Waals surface area contributed by atoms with Crippen LogP contribution in [0.2, 0.25) is 0 Å². The molecule has 2 atom stereocenters. The van der Waals surface area contributed by atoms with Crippen molar-refractivity contribution >= 4 is 28.2 Å². The molecule has 0 saturated heterocycles. The molecular weight excluding hydrogens is 340 g/mol. The van der Waals surface area contributed by atoms with E-state index in [2.05, 4.69) is 5.32 Å². The Bertz CT molecular complexity index is 619. The second-order valence-electron chi connectivity index (χ2n) is 5.65. The minimum atomic E-state index is -3.19. The number of amides is 1. The van der Waals surface area contributed by atoms with Crippen LogP contribution < -0.4 is 15.8 Å². The van der Waals surface area contributed by atoms with Crippen molar-refractivity contribution < 1.29 is 17.9 Å². The van der Waals surface area contributed by atoms with Crippen LogP contribution in [0.4, 0.5) is 0 Å². The van der Waals surface area contributed by atoms with Crippen LogP contribution in [0, 0.1) is 5.92 Å². The van der Waals surface area contributed by atoms with Crippen LogP contribution in [0.5, 0.6) is 5.75 Å². The number of nitrogens with two attached hydrogens (primary N) is 1. The second kappa shape index (κ2) is 8.52. The van der Waals surface area contributed by atoms with E-state index in [0.717, 1.165) is 25.5 Å². The van der Waals surface area contributed by atoms with E-state index in [-0.39, 0.29) is 35.2 Å². The molecule has 0 spiro atoms. The zero-order valence-electron chi connectivity index (χ0n) is 13.0. The number of sulfone groups is 1. The Labute approximate surface area is 143 Å². The molecule has 1 fully saturated rings. The van der Waals surface area contributed by atoms with Crippen molar-refractivity contribution in [1.29, 1.82) is 0 Å². The maximum absolute atomic E-state index is 11.9. The van der Waals surface area contributed by atoms with Gasteiger partial charge in [0.15, 0.2) is 9.84 Å². The second-order valence-corrected chi connectivity index (χ2v) is 7.67. The molecule has 1 amide bonds. The van der Waals surface area contributed by atoms with Crippen molar-refractivity contribution in [2.75, 3.05) is 19.4 Å². The van der Waals surface area contributed by atoms with E-state index in [1.54, 1.807) is 12.1 Å². The van der Waals surface area contributed by atoms with Gasteiger partial charge in [0, 0.05) is 18.2 Å². The van der Waals surface area contributed by atoms with Gasteiger partial charge in [0.1, 0.15) is 12.4 Å². The lowest BCUT2D eigenvalue weighted by atomic mass is 10.1. The number of rotatable bonds is 6. The molecule has 1 aromatic carbocycles. The Kier molecular flexibility index (Phi) is 7.31. The molecule has 130 valence electrons. The standard InChI is InChI=1S/C15H22N2O4S.ClH/c1-22(19,20)14-6-4-13(5-7-14)21-9-8-17-15(18)11-2-3-12(16)10-11;/h4-7,11-12H,2-3,8-10,16H2,1H3,(H,17,18);1H. The summed E-state index contributed by atoms with van der Waals surface area (Å²) in [4.78, 5) is 12.1. The topological polar surface area (TPSA) is 98.5 Å². The first-order valence-corrected chi connectivity index (χ1v) is 9.21. The molecule has 1 aliphatic carbocycles. The average molecular weight is 363 g/mol. The van der Waals surface area contributed by atoms with Gasteiger partial charge < -0.3 is 15.8 Å². The number of carbonyl (C=O) groups excluding carboxylic acids is 1. The monoisotopic (exact) mass is 362 g/mol. The number of nitrogens with one attached hydrogen (secondary N) is 1. The fourth-order valence-corrected chi connectivity index (χ4v) is 3.16. The molecule has 6 nitrogen and oxygen atoms in total. The zero-order chi connectivity index (χ0) is 16.2. The SMILES string of the molecule is CS(=O)(=O)c1ccc(OCCNC(=O)C2CCC(N)C2)cc1.Cl. The third kappa shape index (κ3) is 6.01. The third-order valence-electron chi connectivity index (χ3n) is 3.77. The van der Waals surface area contributed by atoms with Crippen molar-refractivity contribution in [3.8, 4) is 5.75 Å². The van der Waals surface area contributed by atoms with Gasteiger partial charge in [-0.3, -0.25) is 4.79 Å². The summed E-state index contributed by atoms with van der Waals surface area (Å²) in [5.74, 6) is 0.623. The highest BCUT2D eigenvalue weighted by Gasteiger charge is 2.27. The highest BCUT2D eigenvalue weighted by molar-refractivity contribution is 7.90. The molecule has 0 aliphatic heterocycles. The Balaban J connectivity index is 0.00000264. The van der Waals surface area contributed by atoms with E-state index >= 15 is 0 Å². The van der Waals surface area contributed by atoms with Gasteiger partial charge >= 0.3 is 0 Å². The number of halogens is 1. The van der Waals surface area contributed by atoms with E-state index in [1.807, 2.05) is 0 Å². The molecular formula is C15H23ClN2O4S. The zero-order valence-corrected chi connectivity index (χ0v) is 14.7. The van der Waals surface area contributed by atoms with Crippen LogP contribution in [-0.4, -0.2) is 39.8 Å². The smallest absolute Gasteiger partial charge is 0.223 e. The molecule has 0 aromatic heterocycles. The summed E-state index contributed by atoms with van der Waals surface area (Å²) in [5.41, 5.74) is 5.79. The maximum atomic E-state index is 11.9. The molecule has 0 radical (unpaired) electrons. The van der Waals surface area contributed by atoms with E-state index in [4.69, 9.17) is 10.5 Å². The van der Waals surface area contributed by atoms with Gasteiger partial charge in [-0.2, -0.15) is 0 Å². The summed E-state index contributed by atoms with van der Waals surface area (Å²) in [7, 11) is -3.19. The van der Waals surface area contributed by atoms with Crippen molar-refractivity contribution in [3.63, 3.8) is 0 Å². The highest BCUT2D eigenvalue weighted by Crippen LogP contribution is 2.23. The minimum Gasteiger partial charge on any atom is -0.492 e. The minimum absolute atomic E-state index is 0. The Morgan fingerprint density at radius 1 is 1.30 bits per heavy atom. The van der Waals surface area contributed by atoms with Crippen LogP contribution >= 0.6 is 12.4 Å². The van der Waals surface area contributed by atoms with Crippen molar-refractivity contribution in [3.05, 3.63) is 24.3 Å². The molecule has 0 bridgehead atoms. The lowest BCUT2D eigenvalue weighted by Gasteiger charge is -2.11. The molecule has 0 heterocycles. The summed E-state index contributed by atoms with van der Waals surface area (Å²) >= 11 is 0. The van der Waals surface area contributed by atoms with Gasteiger partial charge in [-0.25, -0.2) is 8.42 Å². The first-order chi connectivity index (χ1) is 10.4. The summed E-state index contributed by atoms with van der Waals surface area (Å²) < 4.78 is 28.1. The number of hydrogen-bond acceptors (Lipinski definition) is 5. The van der Waals surface area contributed by atoms with Crippen LogP contribution in [0.25, 0.3) is 0 Å². The third-order valence-corrected chi connectivity index (χ3v) is 4.89.